The molecule has 0 saturated heterocycles. The highest BCUT2D eigenvalue weighted by Gasteiger charge is 2.28. The van der Waals surface area contributed by atoms with Crippen molar-refractivity contribution in [3.8, 4) is 5.75 Å². The number of benzene rings is 2. The molecule has 0 fully saturated rings. The van der Waals surface area contributed by atoms with Crippen LogP contribution in [0.4, 0.5) is 5.69 Å². The molecule has 3 rings (SSSR count). The smallest absolute Gasteiger partial charge is 0.258 e. The second-order valence-corrected chi connectivity index (χ2v) is 7.89. The average Bonchev–Trinajstić information content (AvgIpc) is 2.96. The zero-order valence-electron chi connectivity index (χ0n) is 13.1. The minimum Gasteiger partial charge on any atom is -0.494 e. The Labute approximate surface area is 155 Å². The Hall–Kier alpha value is -1.80. The van der Waals surface area contributed by atoms with E-state index in [0.717, 1.165) is 5.56 Å². The number of methoxy groups -OCH3 is 1. The molecule has 1 amide bonds. The normalized spacial score (nSPS) is 13.7. The maximum atomic E-state index is 12.9. The fourth-order valence-corrected chi connectivity index (χ4v) is 3.96. The number of fused-ring (bicyclic) bond motifs is 1. The summed E-state index contributed by atoms with van der Waals surface area (Å²) in [6, 6.07) is 7.44. The molecule has 0 spiro atoms. The van der Waals surface area contributed by atoms with Crippen LogP contribution in [0.1, 0.15) is 15.9 Å². The monoisotopic (exact) mass is 400 g/mol. The van der Waals surface area contributed by atoms with Gasteiger partial charge >= 0.3 is 0 Å². The molecule has 0 unspecified atom stereocenters. The molecule has 0 atom stereocenters. The van der Waals surface area contributed by atoms with Crippen molar-refractivity contribution in [1.29, 1.82) is 0 Å². The topological polar surface area (TPSA) is 89.7 Å². The molecule has 2 aromatic carbocycles. The molecule has 2 aromatic rings. The minimum absolute atomic E-state index is 0.0447. The number of amides is 1. The summed E-state index contributed by atoms with van der Waals surface area (Å²) in [5, 5.41) is 5.61. The Bertz CT molecular complexity index is 953. The highest BCUT2D eigenvalue weighted by Crippen LogP contribution is 2.36. The van der Waals surface area contributed by atoms with Crippen molar-refractivity contribution in [3.05, 3.63) is 51.5 Å². The van der Waals surface area contributed by atoms with Gasteiger partial charge in [-0.05, 0) is 36.2 Å². The van der Waals surface area contributed by atoms with Gasteiger partial charge in [0.2, 0.25) is 10.0 Å². The minimum atomic E-state index is -3.86. The number of nitrogens with two attached hydrogens (primary N) is 1. The second-order valence-electron chi connectivity index (χ2n) is 5.52. The van der Waals surface area contributed by atoms with E-state index >= 15 is 0 Å². The first kappa shape index (κ1) is 18.0. The fourth-order valence-electron chi connectivity index (χ4n) is 2.78. The first-order valence-electron chi connectivity index (χ1n) is 7.23. The summed E-state index contributed by atoms with van der Waals surface area (Å²) in [6.07, 6.45) is 0.615. The van der Waals surface area contributed by atoms with Crippen LogP contribution >= 0.6 is 23.2 Å². The van der Waals surface area contributed by atoms with Crippen molar-refractivity contribution in [3.63, 3.8) is 0 Å². The standard InChI is InChI=1S/C16H14Cl2N2O4S/c1-24-15-12(17)6-10(7-13(15)18)16(21)20-5-4-9-2-3-11(8-14(9)20)25(19,22)23/h2-3,6-8H,4-5H2,1H3,(H2,19,22,23). The molecule has 0 aromatic heterocycles. The summed E-state index contributed by atoms with van der Waals surface area (Å²) in [7, 11) is -2.43. The lowest BCUT2D eigenvalue weighted by Gasteiger charge is -2.19. The van der Waals surface area contributed by atoms with Gasteiger partial charge < -0.3 is 9.64 Å². The van der Waals surface area contributed by atoms with Gasteiger partial charge in [0.15, 0.2) is 5.75 Å². The summed E-state index contributed by atoms with van der Waals surface area (Å²) in [5.41, 5.74) is 1.66. The van der Waals surface area contributed by atoms with Gasteiger partial charge in [-0.3, -0.25) is 4.79 Å². The van der Waals surface area contributed by atoms with Crippen molar-refractivity contribution in [2.75, 3.05) is 18.6 Å². The van der Waals surface area contributed by atoms with Crippen LogP contribution in [-0.2, 0) is 16.4 Å². The number of nitrogens with zero attached hydrogens (tertiary/aromatic N) is 1. The Balaban J connectivity index is 2.02. The maximum Gasteiger partial charge on any atom is 0.258 e. The van der Waals surface area contributed by atoms with E-state index in [2.05, 4.69) is 0 Å². The van der Waals surface area contributed by atoms with Crippen LogP contribution in [0.15, 0.2) is 35.2 Å². The van der Waals surface area contributed by atoms with Gasteiger partial charge in [0.1, 0.15) is 0 Å². The van der Waals surface area contributed by atoms with Crippen LogP contribution in [0.3, 0.4) is 0 Å². The zero-order chi connectivity index (χ0) is 18.4. The largest absolute Gasteiger partial charge is 0.494 e. The first-order valence-corrected chi connectivity index (χ1v) is 9.53. The highest BCUT2D eigenvalue weighted by molar-refractivity contribution is 7.89. The Morgan fingerprint density at radius 1 is 1.20 bits per heavy atom. The summed E-state index contributed by atoms with van der Waals surface area (Å²) in [4.78, 5) is 14.3. The lowest BCUT2D eigenvalue weighted by atomic mass is 10.1. The van der Waals surface area contributed by atoms with Gasteiger partial charge in [-0.1, -0.05) is 29.3 Å². The molecule has 25 heavy (non-hydrogen) atoms. The molecule has 1 aliphatic heterocycles. The van der Waals surface area contributed by atoms with Crippen molar-refractivity contribution < 1.29 is 17.9 Å². The highest BCUT2D eigenvalue weighted by atomic mass is 35.5. The molecule has 0 aliphatic carbocycles. The summed E-state index contributed by atoms with van der Waals surface area (Å²) < 4.78 is 28.2. The van der Waals surface area contributed by atoms with Gasteiger partial charge in [0.25, 0.3) is 5.91 Å². The van der Waals surface area contributed by atoms with Crippen molar-refractivity contribution in [2.24, 2.45) is 5.14 Å². The molecule has 6 nitrogen and oxygen atoms in total. The Kier molecular flexibility index (Phi) is 4.68. The number of carbonyl (C=O) groups is 1. The van der Waals surface area contributed by atoms with E-state index in [1.807, 2.05) is 0 Å². The molecule has 2 N–H and O–H groups in total. The van der Waals surface area contributed by atoms with E-state index in [1.165, 1.54) is 36.3 Å². The number of halogens is 2. The van der Waals surface area contributed by atoms with Crippen molar-refractivity contribution in [1.82, 2.24) is 0 Å². The number of primary sulfonamides is 1. The first-order chi connectivity index (χ1) is 11.7. The molecule has 1 heterocycles. The van der Waals surface area contributed by atoms with Crippen LogP contribution in [-0.4, -0.2) is 28.0 Å². The van der Waals surface area contributed by atoms with Crippen LogP contribution in [0.5, 0.6) is 5.75 Å². The quantitative estimate of drug-likeness (QED) is 0.857. The third-order valence-electron chi connectivity index (χ3n) is 3.98. The third-order valence-corrected chi connectivity index (χ3v) is 5.45. The number of hydrogen-bond donors (Lipinski definition) is 1. The molecule has 9 heteroatoms. The molecule has 0 radical (unpaired) electrons. The lowest BCUT2D eigenvalue weighted by molar-refractivity contribution is 0.0989. The predicted octanol–water partition coefficient (Wildman–Crippen LogP) is 2.85. The van der Waals surface area contributed by atoms with Gasteiger partial charge in [-0.25, -0.2) is 13.6 Å². The number of anilines is 1. The van der Waals surface area contributed by atoms with E-state index in [-0.39, 0.29) is 26.4 Å². The van der Waals surface area contributed by atoms with E-state index in [4.69, 9.17) is 33.1 Å². The molecular weight excluding hydrogens is 387 g/mol. The van der Waals surface area contributed by atoms with Gasteiger partial charge in [0, 0.05) is 17.8 Å². The molecule has 1 aliphatic rings. The summed E-state index contributed by atoms with van der Waals surface area (Å²) in [6.45, 7) is 0.420. The molecule has 0 bridgehead atoms. The summed E-state index contributed by atoms with van der Waals surface area (Å²) in [5.74, 6) is -0.0463. The Morgan fingerprint density at radius 3 is 2.40 bits per heavy atom. The van der Waals surface area contributed by atoms with Crippen LogP contribution in [0, 0.1) is 0 Å². The predicted molar refractivity (Wildman–Crippen MR) is 96.2 cm³/mol. The second kappa shape index (κ2) is 6.49. The van der Waals surface area contributed by atoms with Crippen LogP contribution < -0.4 is 14.8 Å². The van der Waals surface area contributed by atoms with Gasteiger partial charge in [-0.15, -0.1) is 0 Å². The Morgan fingerprint density at radius 2 is 1.84 bits per heavy atom. The zero-order valence-corrected chi connectivity index (χ0v) is 15.5. The lowest BCUT2D eigenvalue weighted by Crippen LogP contribution is -2.29. The average molecular weight is 401 g/mol. The van der Waals surface area contributed by atoms with E-state index in [1.54, 1.807) is 6.07 Å². The molecular formula is C16H14Cl2N2O4S. The fraction of sp³-hybridized carbons (Fsp3) is 0.188. The summed E-state index contributed by atoms with van der Waals surface area (Å²) >= 11 is 12.2. The van der Waals surface area contributed by atoms with E-state index < -0.39 is 10.0 Å². The number of carbonyl (C=O) groups excluding carboxylic acids is 1. The van der Waals surface area contributed by atoms with Crippen LogP contribution in [0.2, 0.25) is 10.0 Å². The van der Waals surface area contributed by atoms with Crippen molar-refractivity contribution >= 4 is 44.8 Å². The van der Waals surface area contributed by atoms with Crippen LogP contribution in [0.25, 0.3) is 0 Å². The number of ether oxygens (including phenoxy) is 1. The van der Waals surface area contributed by atoms with E-state index in [9.17, 15) is 13.2 Å². The molecule has 132 valence electrons. The number of sulfonamides is 1. The van der Waals surface area contributed by atoms with Gasteiger partial charge in [0.05, 0.1) is 22.1 Å². The molecule has 0 saturated carbocycles. The van der Waals surface area contributed by atoms with E-state index in [0.29, 0.717) is 24.4 Å². The van der Waals surface area contributed by atoms with Gasteiger partial charge in [-0.2, -0.15) is 0 Å². The SMILES string of the molecule is COc1c(Cl)cc(C(=O)N2CCc3ccc(S(N)(=O)=O)cc32)cc1Cl. The van der Waals surface area contributed by atoms with Crippen molar-refractivity contribution in [2.45, 2.75) is 11.3 Å². The number of rotatable bonds is 3. The maximum absolute atomic E-state index is 12.9. The number of hydrogen-bond acceptors (Lipinski definition) is 4. The third kappa shape index (κ3) is 3.32.